The van der Waals surface area contributed by atoms with Gasteiger partial charge in [0, 0.05) is 27.4 Å². The molecule has 0 amide bonds. The number of anilines is 1. The third kappa shape index (κ3) is 3.30. The first-order valence-corrected chi connectivity index (χ1v) is 13.3. The number of rotatable bonds is 3. The lowest BCUT2D eigenvalue weighted by Crippen LogP contribution is -2.43. The molecule has 164 valence electrons. The zero-order valence-electron chi connectivity index (χ0n) is 17.0. The molecule has 0 fully saturated rings. The van der Waals surface area contributed by atoms with Crippen LogP contribution in [-0.2, 0) is 20.0 Å². The van der Waals surface area contributed by atoms with Crippen molar-refractivity contribution in [1.82, 2.24) is 4.98 Å². The average Bonchev–Trinajstić information content (AvgIpc) is 3.10. The lowest BCUT2D eigenvalue weighted by atomic mass is 9.92. The summed E-state index contributed by atoms with van der Waals surface area (Å²) in [6.45, 7) is 1.83. The molecule has 1 aliphatic heterocycles. The Kier molecular flexibility index (Phi) is 4.85. The predicted octanol–water partition coefficient (Wildman–Crippen LogP) is 4.80. The van der Waals surface area contributed by atoms with E-state index in [0.717, 1.165) is 11.1 Å². The van der Waals surface area contributed by atoms with Crippen LogP contribution in [0.5, 0.6) is 0 Å². The van der Waals surface area contributed by atoms with Crippen LogP contribution in [0.1, 0.15) is 22.6 Å². The number of hydrogen-bond acceptors (Lipinski definition) is 4. The van der Waals surface area contributed by atoms with E-state index in [0.29, 0.717) is 25.2 Å². The van der Waals surface area contributed by atoms with Crippen LogP contribution in [0.3, 0.4) is 0 Å². The Balaban J connectivity index is 1.82. The van der Waals surface area contributed by atoms with E-state index in [2.05, 4.69) is 4.98 Å². The van der Waals surface area contributed by atoms with Gasteiger partial charge in [0.15, 0.2) is 0 Å². The highest BCUT2D eigenvalue weighted by molar-refractivity contribution is 8.10. The summed E-state index contributed by atoms with van der Waals surface area (Å²) in [5, 5.41) is 1.17. The molecule has 32 heavy (non-hydrogen) atoms. The van der Waals surface area contributed by atoms with Gasteiger partial charge >= 0.3 is 0 Å². The van der Waals surface area contributed by atoms with Gasteiger partial charge in [-0.05, 0) is 42.8 Å². The number of aromatic nitrogens is 1. The summed E-state index contributed by atoms with van der Waals surface area (Å²) in [4.78, 5) is 2.95. The normalized spacial score (nSPS) is 17.9. The van der Waals surface area contributed by atoms with E-state index in [1.165, 1.54) is 12.1 Å². The monoisotopic (exact) mass is 486 g/mol. The minimum absolute atomic E-state index is 0.0305. The number of H-pyrrole nitrogens is 1. The van der Waals surface area contributed by atoms with Gasteiger partial charge in [-0.3, -0.25) is 0 Å². The lowest BCUT2D eigenvalue weighted by Gasteiger charge is -2.32. The highest BCUT2D eigenvalue weighted by Gasteiger charge is 2.46. The summed E-state index contributed by atoms with van der Waals surface area (Å²) in [6.07, 6.45) is 0. The number of benzene rings is 3. The summed E-state index contributed by atoms with van der Waals surface area (Å²) < 4.78 is 54.6. The van der Waals surface area contributed by atoms with Crippen molar-refractivity contribution in [2.45, 2.75) is 17.7 Å². The van der Waals surface area contributed by atoms with Gasteiger partial charge < -0.3 is 4.98 Å². The third-order valence-electron chi connectivity index (χ3n) is 5.68. The van der Waals surface area contributed by atoms with E-state index in [9.17, 15) is 16.8 Å². The van der Waals surface area contributed by atoms with Crippen LogP contribution in [0.2, 0.25) is 5.02 Å². The van der Waals surface area contributed by atoms with Crippen LogP contribution >= 0.6 is 11.6 Å². The number of halogens is 1. The zero-order valence-corrected chi connectivity index (χ0v) is 19.4. The summed E-state index contributed by atoms with van der Waals surface area (Å²) in [7, 11) is -8.61. The minimum Gasteiger partial charge on any atom is -0.339 e. The molecule has 1 aromatic heterocycles. The first-order valence-electron chi connectivity index (χ1n) is 9.89. The molecule has 5 rings (SSSR count). The quantitative estimate of drug-likeness (QED) is 0.450. The maximum Gasteiger partial charge on any atom is 0.278 e. The molecule has 4 aromatic rings. The van der Waals surface area contributed by atoms with Crippen LogP contribution in [0.15, 0.2) is 77.7 Å². The van der Waals surface area contributed by atoms with Crippen molar-refractivity contribution in [3.05, 3.63) is 94.5 Å². The van der Waals surface area contributed by atoms with Gasteiger partial charge in [-0.1, -0.05) is 59.6 Å². The second-order valence-electron chi connectivity index (χ2n) is 7.83. The molecule has 0 radical (unpaired) electrons. The average molecular weight is 487 g/mol. The summed E-state index contributed by atoms with van der Waals surface area (Å²) in [5.74, 6) is -0.898. The van der Waals surface area contributed by atoms with Crippen molar-refractivity contribution in [2.75, 3.05) is 9.46 Å². The third-order valence-corrected chi connectivity index (χ3v) is 10.1. The Morgan fingerprint density at radius 2 is 1.69 bits per heavy atom. The second kappa shape index (κ2) is 7.37. The van der Waals surface area contributed by atoms with E-state index in [-0.39, 0.29) is 16.5 Å². The van der Waals surface area contributed by atoms with E-state index in [4.69, 9.17) is 11.6 Å². The fourth-order valence-corrected chi connectivity index (χ4v) is 8.39. The van der Waals surface area contributed by atoms with E-state index in [1.807, 2.05) is 37.3 Å². The maximum absolute atomic E-state index is 13.6. The van der Waals surface area contributed by atoms with Crippen LogP contribution in [0.4, 0.5) is 5.82 Å². The van der Waals surface area contributed by atoms with E-state index >= 15 is 0 Å². The molecule has 0 saturated heterocycles. The summed E-state index contributed by atoms with van der Waals surface area (Å²) >= 11 is 6.24. The van der Waals surface area contributed by atoms with E-state index < -0.39 is 26.0 Å². The Morgan fingerprint density at radius 3 is 2.38 bits per heavy atom. The number of sulfonamides is 2. The van der Waals surface area contributed by atoms with Gasteiger partial charge in [-0.15, -0.1) is 3.71 Å². The molecule has 1 aliphatic rings. The van der Waals surface area contributed by atoms with Crippen molar-refractivity contribution in [3.8, 4) is 0 Å². The second-order valence-corrected chi connectivity index (χ2v) is 12.2. The van der Waals surface area contributed by atoms with Gasteiger partial charge in [-0.25, -0.2) is 8.42 Å². The first-order chi connectivity index (χ1) is 15.2. The number of nitrogens with zero attached hydrogens (tertiary/aromatic N) is 1. The summed E-state index contributed by atoms with van der Waals surface area (Å²) in [5.41, 5.74) is 2.86. The van der Waals surface area contributed by atoms with Gasteiger partial charge in [0.2, 0.25) is 0 Å². The highest BCUT2D eigenvalue weighted by Crippen LogP contribution is 2.46. The molecule has 0 aliphatic carbocycles. The first kappa shape index (κ1) is 21.1. The van der Waals surface area contributed by atoms with Gasteiger partial charge in [0.05, 0.1) is 10.6 Å². The lowest BCUT2D eigenvalue weighted by molar-refractivity contribution is 0.579. The van der Waals surface area contributed by atoms with Crippen LogP contribution in [0.25, 0.3) is 10.9 Å². The van der Waals surface area contributed by atoms with E-state index in [1.54, 1.807) is 30.3 Å². The molecule has 1 atom stereocenters. The molecular formula is C23H19ClN2O4S2. The minimum atomic E-state index is -4.38. The SMILES string of the molecule is Cc1ccc(S(=O)(=O)N2c3[nH]c4ccc(Cl)cc4c3C(c3ccccc3)CS2(=O)=O)cc1. The Labute approximate surface area is 191 Å². The molecule has 0 saturated carbocycles. The number of nitrogens with one attached hydrogen (secondary N) is 1. The molecule has 1 N–H and O–H groups in total. The largest absolute Gasteiger partial charge is 0.339 e. The van der Waals surface area contributed by atoms with Crippen molar-refractivity contribution in [1.29, 1.82) is 0 Å². The molecule has 6 nitrogen and oxygen atoms in total. The van der Waals surface area contributed by atoms with Gasteiger partial charge in [0.25, 0.3) is 20.0 Å². The van der Waals surface area contributed by atoms with Crippen molar-refractivity contribution < 1.29 is 16.8 Å². The molecule has 3 aromatic carbocycles. The number of aryl methyl sites for hydroxylation is 1. The fraction of sp³-hybridized carbons (Fsp3) is 0.130. The van der Waals surface area contributed by atoms with Gasteiger partial charge in [-0.2, -0.15) is 8.42 Å². The van der Waals surface area contributed by atoms with Crippen LogP contribution < -0.4 is 3.71 Å². The standard InChI is InChI=1S/C23H19ClN2O4S2/c1-15-7-10-18(11-8-15)32(29,30)26-23-22(19-13-17(24)9-12-21(19)25-23)20(14-31(26,27)28)16-5-3-2-4-6-16/h2-13,20,25H,14H2,1H3. The zero-order chi connectivity index (χ0) is 22.7. The number of aromatic amines is 1. The Bertz CT molecular complexity index is 1550. The van der Waals surface area contributed by atoms with Crippen LogP contribution in [0, 0.1) is 6.92 Å². The molecule has 2 heterocycles. The molecule has 1 unspecified atom stereocenters. The topological polar surface area (TPSA) is 87.3 Å². The predicted molar refractivity (Wildman–Crippen MR) is 126 cm³/mol. The Morgan fingerprint density at radius 1 is 1.00 bits per heavy atom. The fourth-order valence-electron chi connectivity index (χ4n) is 4.19. The smallest absolute Gasteiger partial charge is 0.278 e. The molecule has 9 heteroatoms. The number of fused-ring (bicyclic) bond motifs is 3. The molecular weight excluding hydrogens is 468 g/mol. The maximum atomic E-state index is 13.6. The van der Waals surface area contributed by atoms with Gasteiger partial charge in [0.1, 0.15) is 5.82 Å². The van der Waals surface area contributed by atoms with Crippen molar-refractivity contribution in [2.24, 2.45) is 0 Å². The van der Waals surface area contributed by atoms with Crippen LogP contribution in [-0.4, -0.2) is 27.6 Å². The highest BCUT2D eigenvalue weighted by atomic mass is 35.5. The Hall–Kier alpha value is -2.81. The molecule has 0 spiro atoms. The van der Waals surface area contributed by atoms with Crippen molar-refractivity contribution in [3.63, 3.8) is 0 Å². The summed E-state index contributed by atoms with van der Waals surface area (Å²) in [6, 6.07) is 20.5. The number of hydrogen-bond donors (Lipinski definition) is 1. The van der Waals surface area contributed by atoms with Crippen molar-refractivity contribution >= 4 is 48.4 Å². The molecule has 0 bridgehead atoms.